The molecular weight excluding hydrogens is 383 g/mol. The van der Waals surface area contributed by atoms with E-state index in [1.165, 1.54) is 12.1 Å². The van der Waals surface area contributed by atoms with Crippen LogP contribution in [0.25, 0.3) is 0 Å². The Kier molecular flexibility index (Phi) is 6.83. The number of halogens is 4. The van der Waals surface area contributed by atoms with Crippen LogP contribution in [0.5, 0.6) is 0 Å². The maximum atomic E-state index is 12.6. The van der Waals surface area contributed by atoms with Crippen LogP contribution in [0.3, 0.4) is 0 Å². The van der Waals surface area contributed by atoms with Gasteiger partial charge in [0.25, 0.3) is 5.91 Å². The lowest BCUT2D eigenvalue weighted by Crippen LogP contribution is -2.30. The Morgan fingerprint density at radius 1 is 1.26 bits per heavy atom. The number of nitrogens with zero attached hydrogens (tertiary/aromatic N) is 3. The van der Waals surface area contributed by atoms with Crippen LogP contribution in [0.4, 0.5) is 13.2 Å². The summed E-state index contributed by atoms with van der Waals surface area (Å²) in [6.45, 7) is 3.73. The molecule has 2 N–H and O–H groups in total. The molecular formula is C17H21ClF3N5O. The Bertz CT molecular complexity index is 770. The standard InChI is InChI=1S/C17H20F3N5O.ClH/c1-11-15(23-24-25(11)14-6-8-21-9-7-14)16(26)22-10-12-2-4-13(5-3-12)17(18,19)20;/h2-5,14,21H,6-10H2,1H3,(H,22,26);1H. The smallest absolute Gasteiger partial charge is 0.347 e. The van der Waals surface area contributed by atoms with Crippen LogP contribution in [0.2, 0.25) is 0 Å². The van der Waals surface area contributed by atoms with Gasteiger partial charge in [-0.1, -0.05) is 17.3 Å². The number of hydrogen-bond donors (Lipinski definition) is 2. The molecule has 0 radical (unpaired) electrons. The SMILES string of the molecule is Cc1c(C(=O)NCc2ccc(C(F)(F)F)cc2)nnn1C1CCNCC1.Cl. The summed E-state index contributed by atoms with van der Waals surface area (Å²) in [6.07, 6.45) is -2.51. The van der Waals surface area contributed by atoms with Crippen LogP contribution < -0.4 is 10.6 Å². The summed E-state index contributed by atoms with van der Waals surface area (Å²) in [5.74, 6) is -0.386. The summed E-state index contributed by atoms with van der Waals surface area (Å²) in [5.41, 5.74) is 0.806. The Hall–Kier alpha value is -2.13. The van der Waals surface area contributed by atoms with E-state index in [1.807, 2.05) is 0 Å². The predicted octanol–water partition coefficient (Wildman–Crippen LogP) is 2.88. The molecule has 10 heteroatoms. The van der Waals surface area contributed by atoms with E-state index in [4.69, 9.17) is 0 Å². The highest BCUT2D eigenvalue weighted by Crippen LogP contribution is 2.29. The van der Waals surface area contributed by atoms with Gasteiger partial charge in [-0.05, 0) is 50.6 Å². The van der Waals surface area contributed by atoms with Crippen molar-refractivity contribution in [3.63, 3.8) is 0 Å². The van der Waals surface area contributed by atoms with Gasteiger partial charge in [0.2, 0.25) is 0 Å². The summed E-state index contributed by atoms with van der Waals surface area (Å²) in [7, 11) is 0. The highest BCUT2D eigenvalue weighted by molar-refractivity contribution is 5.93. The van der Waals surface area contributed by atoms with E-state index < -0.39 is 11.7 Å². The first kappa shape index (κ1) is 21.2. The maximum Gasteiger partial charge on any atom is 0.416 e. The van der Waals surface area contributed by atoms with Gasteiger partial charge in [-0.2, -0.15) is 13.2 Å². The minimum absolute atomic E-state index is 0. The number of amides is 1. The zero-order chi connectivity index (χ0) is 18.7. The molecule has 1 aromatic carbocycles. The van der Waals surface area contributed by atoms with Crippen molar-refractivity contribution in [1.82, 2.24) is 25.6 Å². The van der Waals surface area contributed by atoms with Crippen LogP contribution in [0.1, 0.15) is 46.2 Å². The summed E-state index contributed by atoms with van der Waals surface area (Å²) in [5, 5.41) is 14.0. The molecule has 1 amide bonds. The zero-order valence-electron chi connectivity index (χ0n) is 14.7. The van der Waals surface area contributed by atoms with Crippen molar-refractivity contribution in [3.8, 4) is 0 Å². The van der Waals surface area contributed by atoms with Gasteiger partial charge in [0.1, 0.15) is 0 Å². The van der Waals surface area contributed by atoms with Gasteiger partial charge in [0.15, 0.2) is 5.69 Å². The normalized spacial score (nSPS) is 15.3. The Morgan fingerprint density at radius 2 is 1.89 bits per heavy atom. The van der Waals surface area contributed by atoms with E-state index in [1.54, 1.807) is 11.6 Å². The second-order valence-electron chi connectivity index (χ2n) is 6.33. The molecule has 6 nitrogen and oxygen atoms in total. The van der Waals surface area contributed by atoms with Gasteiger partial charge in [0, 0.05) is 6.54 Å². The second-order valence-corrected chi connectivity index (χ2v) is 6.33. The fourth-order valence-electron chi connectivity index (χ4n) is 3.03. The number of benzene rings is 1. The summed E-state index contributed by atoms with van der Waals surface area (Å²) in [6, 6.07) is 4.92. The predicted molar refractivity (Wildman–Crippen MR) is 95.8 cm³/mol. The quantitative estimate of drug-likeness (QED) is 0.823. The van der Waals surface area contributed by atoms with Gasteiger partial charge >= 0.3 is 6.18 Å². The summed E-state index contributed by atoms with van der Waals surface area (Å²) in [4.78, 5) is 12.3. The van der Waals surface area contributed by atoms with Gasteiger partial charge in [-0.3, -0.25) is 4.79 Å². The van der Waals surface area contributed by atoms with Crippen molar-refractivity contribution in [2.24, 2.45) is 0 Å². The number of piperidine rings is 1. The first-order chi connectivity index (χ1) is 12.4. The molecule has 1 saturated heterocycles. The second kappa shape index (κ2) is 8.71. The van der Waals surface area contributed by atoms with Crippen LogP contribution in [-0.2, 0) is 12.7 Å². The zero-order valence-corrected chi connectivity index (χ0v) is 15.5. The minimum Gasteiger partial charge on any atom is -0.347 e. The van der Waals surface area contributed by atoms with Crippen molar-refractivity contribution in [2.45, 2.75) is 38.5 Å². The monoisotopic (exact) mass is 403 g/mol. The molecule has 1 aliphatic rings. The number of carbonyl (C=O) groups is 1. The number of hydrogen-bond acceptors (Lipinski definition) is 4. The molecule has 27 heavy (non-hydrogen) atoms. The fourth-order valence-corrected chi connectivity index (χ4v) is 3.03. The van der Waals surface area contributed by atoms with Crippen molar-refractivity contribution in [3.05, 3.63) is 46.8 Å². The molecule has 0 spiro atoms. The Labute approximate surface area is 160 Å². The largest absolute Gasteiger partial charge is 0.416 e. The average Bonchev–Trinajstić information content (AvgIpc) is 3.01. The first-order valence-electron chi connectivity index (χ1n) is 8.43. The minimum atomic E-state index is -4.37. The first-order valence-corrected chi connectivity index (χ1v) is 8.43. The van der Waals surface area contributed by atoms with E-state index in [0.29, 0.717) is 11.3 Å². The molecule has 1 fully saturated rings. The lowest BCUT2D eigenvalue weighted by atomic mass is 10.1. The van der Waals surface area contributed by atoms with Gasteiger partial charge in [-0.15, -0.1) is 17.5 Å². The Morgan fingerprint density at radius 3 is 2.48 bits per heavy atom. The molecule has 0 atom stereocenters. The van der Waals surface area contributed by atoms with Crippen LogP contribution >= 0.6 is 12.4 Å². The molecule has 0 aliphatic carbocycles. The number of aromatic nitrogens is 3. The summed E-state index contributed by atoms with van der Waals surface area (Å²) >= 11 is 0. The van der Waals surface area contributed by atoms with E-state index in [-0.39, 0.29) is 36.6 Å². The molecule has 1 aliphatic heterocycles. The third-order valence-electron chi connectivity index (χ3n) is 4.53. The summed E-state index contributed by atoms with van der Waals surface area (Å²) < 4.78 is 39.5. The third kappa shape index (κ3) is 4.98. The molecule has 2 aromatic rings. The molecule has 0 saturated carbocycles. The third-order valence-corrected chi connectivity index (χ3v) is 4.53. The van der Waals surface area contributed by atoms with Crippen LogP contribution in [0, 0.1) is 6.92 Å². The highest BCUT2D eigenvalue weighted by Gasteiger charge is 2.30. The lowest BCUT2D eigenvalue weighted by Gasteiger charge is -2.23. The number of rotatable bonds is 4. The highest BCUT2D eigenvalue weighted by atomic mass is 35.5. The van der Waals surface area contributed by atoms with Crippen molar-refractivity contribution in [2.75, 3.05) is 13.1 Å². The molecule has 3 rings (SSSR count). The van der Waals surface area contributed by atoms with Crippen molar-refractivity contribution in [1.29, 1.82) is 0 Å². The van der Waals surface area contributed by atoms with Crippen molar-refractivity contribution >= 4 is 18.3 Å². The Balaban J connectivity index is 0.00000261. The number of nitrogens with one attached hydrogen (secondary N) is 2. The number of carbonyl (C=O) groups excluding carboxylic acids is 1. The van der Waals surface area contributed by atoms with E-state index >= 15 is 0 Å². The molecule has 0 unspecified atom stereocenters. The number of alkyl halides is 3. The van der Waals surface area contributed by atoms with E-state index in [9.17, 15) is 18.0 Å². The fraction of sp³-hybridized carbons (Fsp3) is 0.471. The van der Waals surface area contributed by atoms with E-state index in [0.717, 1.165) is 38.1 Å². The van der Waals surface area contributed by atoms with E-state index in [2.05, 4.69) is 20.9 Å². The maximum absolute atomic E-state index is 12.6. The van der Waals surface area contributed by atoms with Crippen molar-refractivity contribution < 1.29 is 18.0 Å². The molecule has 2 heterocycles. The van der Waals surface area contributed by atoms with Gasteiger partial charge in [-0.25, -0.2) is 4.68 Å². The van der Waals surface area contributed by atoms with Crippen LogP contribution in [0.15, 0.2) is 24.3 Å². The molecule has 148 valence electrons. The van der Waals surface area contributed by atoms with Gasteiger partial charge < -0.3 is 10.6 Å². The topological polar surface area (TPSA) is 71.8 Å². The van der Waals surface area contributed by atoms with Crippen LogP contribution in [-0.4, -0.2) is 34.0 Å². The average molecular weight is 404 g/mol. The molecule has 1 aromatic heterocycles. The van der Waals surface area contributed by atoms with Gasteiger partial charge in [0.05, 0.1) is 17.3 Å². The lowest BCUT2D eigenvalue weighted by molar-refractivity contribution is -0.137. The molecule has 0 bridgehead atoms.